The summed E-state index contributed by atoms with van der Waals surface area (Å²) in [6, 6.07) is 6.27. The van der Waals surface area contributed by atoms with Gasteiger partial charge in [0.2, 0.25) is 0 Å². The maximum Gasteiger partial charge on any atom is 0.167 e. The highest BCUT2D eigenvalue weighted by molar-refractivity contribution is 5.94. The highest BCUT2D eigenvalue weighted by Gasteiger charge is 2.24. The van der Waals surface area contributed by atoms with Crippen LogP contribution in [-0.2, 0) is 11.8 Å². The van der Waals surface area contributed by atoms with Gasteiger partial charge in [0.05, 0.1) is 37.3 Å². The molecule has 0 radical (unpaired) electrons. The maximum atomic E-state index is 5.60. The van der Waals surface area contributed by atoms with E-state index in [2.05, 4.69) is 38.3 Å². The van der Waals surface area contributed by atoms with Crippen LogP contribution in [0.3, 0.4) is 0 Å². The van der Waals surface area contributed by atoms with Crippen molar-refractivity contribution in [3.05, 3.63) is 36.8 Å². The van der Waals surface area contributed by atoms with Crippen molar-refractivity contribution in [3.8, 4) is 17.1 Å². The van der Waals surface area contributed by atoms with Crippen LogP contribution < -0.4 is 4.90 Å². The van der Waals surface area contributed by atoms with Gasteiger partial charge >= 0.3 is 0 Å². The number of aryl methyl sites for hydroxylation is 1. The number of morpholine rings is 1. The van der Waals surface area contributed by atoms with Crippen LogP contribution in [0.1, 0.15) is 6.92 Å². The molecule has 9 heteroatoms. The van der Waals surface area contributed by atoms with Crippen LogP contribution in [0, 0.1) is 0 Å². The molecule has 27 heavy (non-hydrogen) atoms. The molecule has 1 unspecified atom stereocenters. The van der Waals surface area contributed by atoms with Gasteiger partial charge in [-0.1, -0.05) is 0 Å². The first-order chi connectivity index (χ1) is 13.2. The minimum Gasteiger partial charge on any atom is -0.377 e. The molecule has 1 aliphatic rings. The van der Waals surface area contributed by atoms with E-state index in [9.17, 15) is 0 Å². The molecule has 9 nitrogen and oxygen atoms in total. The summed E-state index contributed by atoms with van der Waals surface area (Å²) in [6.45, 7) is 4.36. The summed E-state index contributed by atoms with van der Waals surface area (Å²) in [4.78, 5) is 7.24. The van der Waals surface area contributed by atoms with Gasteiger partial charge < -0.3 is 9.64 Å². The number of hydrogen-bond acceptors (Lipinski definition) is 6. The largest absolute Gasteiger partial charge is 0.377 e. The smallest absolute Gasteiger partial charge is 0.167 e. The molecule has 1 aliphatic heterocycles. The quantitative estimate of drug-likeness (QED) is 0.596. The molecule has 1 N–H and O–H groups in total. The van der Waals surface area contributed by atoms with E-state index in [1.54, 1.807) is 17.1 Å². The maximum absolute atomic E-state index is 5.60. The van der Waals surface area contributed by atoms with Gasteiger partial charge in [0, 0.05) is 36.8 Å². The van der Waals surface area contributed by atoms with Crippen LogP contribution in [0.25, 0.3) is 28.1 Å². The number of rotatable bonds is 3. The second-order valence-electron chi connectivity index (χ2n) is 6.72. The number of aromatic amines is 1. The van der Waals surface area contributed by atoms with Crippen LogP contribution in [-0.4, -0.2) is 60.5 Å². The molecule has 4 aromatic heterocycles. The molecule has 1 fully saturated rings. The number of nitrogens with zero attached hydrogens (tertiary/aromatic N) is 7. The molecule has 5 heterocycles. The van der Waals surface area contributed by atoms with Gasteiger partial charge in [-0.25, -0.2) is 4.98 Å². The van der Waals surface area contributed by atoms with E-state index < -0.39 is 0 Å². The Hall–Kier alpha value is -3.20. The number of fused-ring (bicyclic) bond motifs is 1. The Balaban J connectivity index is 1.76. The molecular weight excluding hydrogens is 344 g/mol. The third-order valence-electron chi connectivity index (χ3n) is 5.00. The zero-order valence-corrected chi connectivity index (χ0v) is 15.2. The highest BCUT2D eigenvalue weighted by atomic mass is 16.5. The van der Waals surface area contributed by atoms with Gasteiger partial charge in [0.1, 0.15) is 5.82 Å². The number of nitrogens with one attached hydrogen (secondary N) is 1. The van der Waals surface area contributed by atoms with Crippen molar-refractivity contribution in [1.82, 2.24) is 34.7 Å². The van der Waals surface area contributed by atoms with Gasteiger partial charge in [-0.15, -0.1) is 0 Å². The summed E-state index contributed by atoms with van der Waals surface area (Å²) < 4.78 is 9.25. The van der Waals surface area contributed by atoms with Gasteiger partial charge in [-0.05, 0) is 19.1 Å². The van der Waals surface area contributed by atoms with Gasteiger partial charge in [0.25, 0.3) is 0 Å². The zero-order valence-electron chi connectivity index (χ0n) is 15.2. The van der Waals surface area contributed by atoms with Crippen molar-refractivity contribution < 1.29 is 4.74 Å². The number of pyridine rings is 1. The lowest BCUT2D eigenvalue weighted by Crippen LogP contribution is -2.44. The van der Waals surface area contributed by atoms with Crippen molar-refractivity contribution in [1.29, 1.82) is 0 Å². The molecule has 1 saturated heterocycles. The monoisotopic (exact) mass is 364 g/mol. The summed E-state index contributed by atoms with van der Waals surface area (Å²) in [6.07, 6.45) is 5.36. The van der Waals surface area contributed by atoms with E-state index >= 15 is 0 Å². The standard InChI is InChI=1S/C18H20N8O/c1-12-11-27-8-7-25(12)17-9-13(15-3-6-20-24(15)2)14-10-21-26(18(14)22-17)16-4-5-19-23-16/h3-6,9-10,12H,7-8,11H2,1-2H3,(H,19,23). The Kier molecular flexibility index (Phi) is 3.68. The summed E-state index contributed by atoms with van der Waals surface area (Å²) >= 11 is 0. The number of ether oxygens (including phenoxy) is 1. The minimum absolute atomic E-state index is 0.256. The molecule has 5 rings (SSSR count). The average Bonchev–Trinajstić information content (AvgIpc) is 3.41. The van der Waals surface area contributed by atoms with E-state index in [-0.39, 0.29) is 6.04 Å². The second kappa shape index (κ2) is 6.20. The summed E-state index contributed by atoms with van der Waals surface area (Å²) in [5, 5.41) is 16.9. The zero-order chi connectivity index (χ0) is 18.4. The molecule has 4 aromatic rings. The fourth-order valence-corrected chi connectivity index (χ4v) is 3.59. The van der Waals surface area contributed by atoms with Gasteiger partial charge in [0.15, 0.2) is 11.5 Å². The van der Waals surface area contributed by atoms with Crippen LogP contribution in [0.15, 0.2) is 36.8 Å². The van der Waals surface area contributed by atoms with Crippen molar-refractivity contribution in [3.63, 3.8) is 0 Å². The van der Waals surface area contributed by atoms with Crippen molar-refractivity contribution in [2.75, 3.05) is 24.7 Å². The molecule has 0 saturated carbocycles. The molecule has 138 valence electrons. The van der Waals surface area contributed by atoms with E-state index in [0.717, 1.165) is 40.5 Å². The van der Waals surface area contributed by atoms with Crippen LogP contribution in [0.5, 0.6) is 0 Å². The third kappa shape index (κ3) is 2.58. The lowest BCUT2D eigenvalue weighted by atomic mass is 10.1. The van der Waals surface area contributed by atoms with E-state index in [4.69, 9.17) is 9.72 Å². The molecule has 0 aromatic carbocycles. The first-order valence-electron chi connectivity index (χ1n) is 8.93. The molecule has 1 atom stereocenters. The Morgan fingerprint density at radius 3 is 2.89 bits per heavy atom. The number of aromatic nitrogens is 7. The highest BCUT2D eigenvalue weighted by Crippen LogP contribution is 2.32. The number of H-pyrrole nitrogens is 1. The molecule has 0 bridgehead atoms. The fourth-order valence-electron chi connectivity index (χ4n) is 3.59. The number of anilines is 1. The van der Waals surface area contributed by atoms with Crippen LogP contribution in [0.2, 0.25) is 0 Å². The normalized spacial score (nSPS) is 17.7. The van der Waals surface area contributed by atoms with Crippen molar-refractivity contribution >= 4 is 16.9 Å². The summed E-state index contributed by atoms with van der Waals surface area (Å²) in [5.41, 5.74) is 2.86. The third-order valence-corrected chi connectivity index (χ3v) is 5.00. The Bertz CT molecular complexity index is 1080. The fraction of sp³-hybridized carbons (Fsp3) is 0.333. The first kappa shape index (κ1) is 16.0. The van der Waals surface area contributed by atoms with Crippen LogP contribution >= 0.6 is 0 Å². The summed E-state index contributed by atoms with van der Waals surface area (Å²) in [5.74, 6) is 1.69. The van der Waals surface area contributed by atoms with Crippen molar-refractivity contribution in [2.24, 2.45) is 7.05 Å². The lowest BCUT2D eigenvalue weighted by molar-refractivity contribution is 0.0985. The Morgan fingerprint density at radius 1 is 1.22 bits per heavy atom. The molecule has 0 spiro atoms. The molecule has 0 amide bonds. The predicted octanol–water partition coefficient (Wildman–Crippen LogP) is 1.77. The molecule has 0 aliphatic carbocycles. The number of hydrogen-bond donors (Lipinski definition) is 1. The molecular formula is C18H20N8O. The van der Waals surface area contributed by atoms with Gasteiger partial charge in [-0.2, -0.15) is 20.0 Å². The van der Waals surface area contributed by atoms with E-state index in [1.807, 2.05) is 30.1 Å². The van der Waals surface area contributed by atoms with E-state index in [0.29, 0.717) is 13.2 Å². The minimum atomic E-state index is 0.256. The summed E-state index contributed by atoms with van der Waals surface area (Å²) in [7, 11) is 1.94. The van der Waals surface area contributed by atoms with E-state index in [1.165, 1.54) is 0 Å². The predicted molar refractivity (Wildman–Crippen MR) is 101 cm³/mol. The Labute approximate surface area is 155 Å². The van der Waals surface area contributed by atoms with Crippen LogP contribution in [0.4, 0.5) is 5.82 Å². The first-order valence-corrected chi connectivity index (χ1v) is 8.93. The van der Waals surface area contributed by atoms with Crippen molar-refractivity contribution in [2.45, 2.75) is 13.0 Å². The second-order valence-corrected chi connectivity index (χ2v) is 6.72. The topological polar surface area (TPSA) is 89.7 Å². The SMILES string of the molecule is CC1COCCN1c1cc(-c2ccnn2C)c2cnn(-c3ccn[nH]3)c2n1. The lowest BCUT2D eigenvalue weighted by Gasteiger charge is -2.34. The van der Waals surface area contributed by atoms with Gasteiger partial charge in [-0.3, -0.25) is 9.78 Å². The Morgan fingerprint density at radius 2 is 2.15 bits per heavy atom. The average molecular weight is 364 g/mol.